The largest absolute Gasteiger partial charge is 0.478 e. The molecular weight excluding hydrogens is 324 g/mol. The van der Waals surface area contributed by atoms with Gasteiger partial charge in [-0.2, -0.15) is 0 Å². The molecule has 0 bridgehead atoms. The molecule has 0 aromatic heterocycles. The molecule has 0 unspecified atom stereocenters. The highest BCUT2D eigenvalue weighted by Crippen LogP contribution is 2.21. The zero-order chi connectivity index (χ0) is 15.3. The van der Waals surface area contributed by atoms with Crippen molar-refractivity contribution in [3.05, 3.63) is 28.2 Å². The maximum atomic E-state index is 11.8. The molecule has 1 amide bonds. The summed E-state index contributed by atoms with van der Waals surface area (Å²) in [7, 11) is 0. The van der Waals surface area contributed by atoms with Crippen molar-refractivity contribution in [1.82, 2.24) is 5.32 Å². The van der Waals surface area contributed by atoms with E-state index in [9.17, 15) is 9.59 Å². The fourth-order valence-electron chi connectivity index (χ4n) is 1.57. The van der Waals surface area contributed by atoms with E-state index >= 15 is 0 Å². The third-order valence-corrected chi connectivity index (χ3v) is 2.99. The predicted octanol–water partition coefficient (Wildman–Crippen LogP) is 2.86. The molecule has 1 aromatic rings. The van der Waals surface area contributed by atoms with Gasteiger partial charge < -0.3 is 15.7 Å². The van der Waals surface area contributed by atoms with E-state index in [0.29, 0.717) is 16.7 Å². The molecule has 0 saturated heterocycles. The Kier molecular flexibility index (Phi) is 5.71. The molecule has 0 fully saturated rings. The average Bonchev–Trinajstić information content (AvgIpc) is 2.29. The van der Waals surface area contributed by atoms with Gasteiger partial charge in [0.2, 0.25) is 5.91 Å². The minimum atomic E-state index is -1.07. The second-order valence-corrected chi connectivity index (χ2v) is 6.39. The summed E-state index contributed by atoms with van der Waals surface area (Å²) >= 11 is 3.21. The Labute approximate surface area is 126 Å². The van der Waals surface area contributed by atoms with Gasteiger partial charge in [0.05, 0.1) is 11.3 Å². The number of amides is 1. The average molecular weight is 343 g/mol. The molecule has 110 valence electrons. The normalized spacial score (nSPS) is 11.2. The number of aromatic carboxylic acids is 1. The van der Waals surface area contributed by atoms with Crippen LogP contribution < -0.4 is 10.6 Å². The Morgan fingerprint density at radius 1 is 1.30 bits per heavy atom. The lowest BCUT2D eigenvalue weighted by molar-refractivity contribution is -0.116. The number of hydrogen-bond donors (Lipinski definition) is 3. The first-order valence-corrected chi connectivity index (χ1v) is 7.06. The second kappa shape index (κ2) is 6.85. The molecule has 0 atom stereocenters. The lowest BCUT2D eigenvalue weighted by atomic mass is 10.1. The van der Waals surface area contributed by atoms with Gasteiger partial charge in [0.25, 0.3) is 0 Å². The van der Waals surface area contributed by atoms with E-state index in [1.165, 1.54) is 6.07 Å². The second-order valence-electron chi connectivity index (χ2n) is 5.47. The molecule has 1 aromatic carbocycles. The fourth-order valence-corrected chi connectivity index (χ4v) is 1.93. The molecule has 20 heavy (non-hydrogen) atoms. The summed E-state index contributed by atoms with van der Waals surface area (Å²) in [6, 6.07) is 4.73. The molecule has 0 radical (unpaired) electrons. The number of carbonyl (C=O) groups is 2. The van der Waals surface area contributed by atoms with Crippen LogP contribution in [-0.2, 0) is 4.79 Å². The molecule has 0 heterocycles. The zero-order valence-electron chi connectivity index (χ0n) is 11.8. The number of carboxylic acids is 1. The molecular formula is C14H19BrN2O3. The van der Waals surface area contributed by atoms with Crippen LogP contribution in [0.25, 0.3) is 0 Å². The molecule has 0 saturated carbocycles. The summed E-state index contributed by atoms with van der Waals surface area (Å²) in [4.78, 5) is 22.9. The lowest BCUT2D eigenvalue weighted by Gasteiger charge is -2.20. The molecule has 0 aliphatic rings. The van der Waals surface area contributed by atoms with Crippen LogP contribution in [0.15, 0.2) is 22.7 Å². The highest BCUT2D eigenvalue weighted by atomic mass is 79.9. The molecule has 0 aliphatic heterocycles. The monoisotopic (exact) mass is 342 g/mol. The summed E-state index contributed by atoms with van der Waals surface area (Å²) in [5.41, 5.74) is 0.322. The summed E-state index contributed by atoms with van der Waals surface area (Å²) < 4.78 is 0.655. The van der Waals surface area contributed by atoms with Gasteiger partial charge in [0, 0.05) is 23.0 Å². The van der Waals surface area contributed by atoms with Crippen molar-refractivity contribution in [2.24, 2.45) is 0 Å². The Bertz CT molecular complexity index is 510. The molecule has 5 nitrogen and oxygen atoms in total. The quantitative estimate of drug-likeness (QED) is 0.768. The third kappa shape index (κ3) is 5.71. The molecule has 0 spiro atoms. The first kappa shape index (κ1) is 16.7. The maximum absolute atomic E-state index is 11.8. The number of anilines is 1. The van der Waals surface area contributed by atoms with Crippen LogP contribution in [0.3, 0.4) is 0 Å². The lowest BCUT2D eigenvalue weighted by Crippen LogP contribution is -2.37. The van der Waals surface area contributed by atoms with Crippen LogP contribution in [0.2, 0.25) is 0 Å². The van der Waals surface area contributed by atoms with Crippen LogP contribution in [-0.4, -0.2) is 29.1 Å². The highest BCUT2D eigenvalue weighted by Gasteiger charge is 2.14. The standard InChI is InChI=1S/C14H19BrN2O3/c1-14(2,3)16-7-6-12(18)17-11-5-4-9(15)8-10(11)13(19)20/h4-5,8,16H,6-7H2,1-3H3,(H,17,18)(H,19,20). The first-order valence-electron chi connectivity index (χ1n) is 6.27. The van der Waals surface area contributed by atoms with E-state index in [1.54, 1.807) is 12.1 Å². The van der Waals surface area contributed by atoms with Crippen molar-refractivity contribution in [1.29, 1.82) is 0 Å². The Morgan fingerprint density at radius 2 is 1.95 bits per heavy atom. The number of nitrogens with one attached hydrogen (secondary N) is 2. The van der Waals surface area contributed by atoms with Gasteiger partial charge in [-0.15, -0.1) is 0 Å². The van der Waals surface area contributed by atoms with Gasteiger partial charge in [0.1, 0.15) is 0 Å². The summed E-state index contributed by atoms with van der Waals surface area (Å²) in [6.45, 7) is 6.58. The fraction of sp³-hybridized carbons (Fsp3) is 0.429. The van der Waals surface area contributed by atoms with Crippen molar-refractivity contribution in [2.45, 2.75) is 32.7 Å². The number of carbonyl (C=O) groups excluding carboxylic acids is 1. The molecule has 0 aliphatic carbocycles. The first-order chi connectivity index (χ1) is 9.19. The van der Waals surface area contributed by atoms with E-state index in [1.807, 2.05) is 20.8 Å². The topological polar surface area (TPSA) is 78.4 Å². The van der Waals surface area contributed by atoms with Crippen LogP contribution in [0.5, 0.6) is 0 Å². The van der Waals surface area contributed by atoms with E-state index in [2.05, 4.69) is 26.6 Å². The van der Waals surface area contributed by atoms with Crippen molar-refractivity contribution < 1.29 is 14.7 Å². The van der Waals surface area contributed by atoms with Crippen LogP contribution in [0.1, 0.15) is 37.6 Å². The molecule has 3 N–H and O–H groups in total. The zero-order valence-corrected chi connectivity index (χ0v) is 13.4. The van der Waals surface area contributed by atoms with E-state index in [-0.39, 0.29) is 23.4 Å². The van der Waals surface area contributed by atoms with Crippen LogP contribution in [0, 0.1) is 0 Å². The van der Waals surface area contributed by atoms with Crippen molar-refractivity contribution in [3.8, 4) is 0 Å². The summed E-state index contributed by atoms with van der Waals surface area (Å²) in [6.07, 6.45) is 0.284. The van der Waals surface area contributed by atoms with Crippen LogP contribution in [0.4, 0.5) is 5.69 Å². The van der Waals surface area contributed by atoms with Crippen molar-refractivity contribution >= 4 is 33.5 Å². The third-order valence-electron chi connectivity index (χ3n) is 2.49. The smallest absolute Gasteiger partial charge is 0.337 e. The van der Waals surface area contributed by atoms with Gasteiger partial charge in [0.15, 0.2) is 0 Å². The van der Waals surface area contributed by atoms with E-state index in [4.69, 9.17) is 5.11 Å². The van der Waals surface area contributed by atoms with E-state index < -0.39 is 5.97 Å². The minimum absolute atomic E-state index is 0.0515. The van der Waals surface area contributed by atoms with Gasteiger partial charge in [-0.25, -0.2) is 4.79 Å². The number of hydrogen-bond acceptors (Lipinski definition) is 3. The predicted molar refractivity (Wildman–Crippen MR) is 82.1 cm³/mol. The number of benzene rings is 1. The van der Waals surface area contributed by atoms with E-state index in [0.717, 1.165) is 0 Å². The van der Waals surface area contributed by atoms with Gasteiger partial charge in [-0.05, 0) is 39.0 Å². The maximum Gasteiger partial charge on any atom is 0.337 e. The Hall–Kier alpha value is -1.40. The summed E-state index contributed by atoms with van der Waals surface area (Å²) in [5, 5.41) is 14.9. The Balaban J connectivity index is 2.64. The molecule has 1 rings (SSSR count). The SMILES string of the molecule is CC(C)(C)NCCC(=O)Nc1ccc(Br)cc1C(=O)O. The van der Waals surface area contributed by atoms with Crippen molar-refractivity contribution in [2.75, 3.05) is 11.9 Å². The Morgan fingerprint density at radius 3 is 2.50 bits per heavy atom. The van der Waals surface area contributed by atoms with Gasteiger partial charge in [-0.1, -0.05) is 15.9 Å². The van der Waals surface area contributed by atoms with Gasteiger partial charge in [-0.3, -0.25) is 4.79 Å². The number of carboxylic acid groups (broad SMARTS) is 1. The van der Waals surface area contributed by atoms with Gasteiger partial charge >= 0.3 is 5.97 Å². The number of halogens is 1. The minimum Gasteiger partial charge on any atom is -0.478 e. The van der Waals surface area contributed by atoms with Crippen LogP contribution >= 0.6 is 15.9 Å². The number of rotatable bonds is 5. The van der Waals surface area contributed by atoms with Crippen molar-refractivity contribution in [3.63, 3.8) is 0 Å². The summed E-state index contributed by atoms with van der Waals surface area (Å²) in [5.74, 6) is -1.29. The highest BCUT2D eigenvalue weighted by molar-refractivity contribution is 9.10. The molecule has 6 heteroatoms.